The molecule has 0 radical (unpaired) electrons. The van der Waals surface area contributed by atoms with E-state index in [2.05, 4.69) is 14.4 Å². The van der Waals surface area contributed by atoms with E-state index in [4.69, 9.17) is 4.74 Å². The first-order valence-electron chi connectivity index (χ1n) is 5.08. The molecule has 1 atom stereocenters. The molecule has 7 heteroatoms. The molecule has 1 aliphatic rings. The average molecular weight is 238 g/mol. The molecule has 0 aromatic heterocycles. The molecule has 1 aliphatic heterocycles. The Balaban J connectivity index is 2.34. The van der Waals surface area contributed by atoms with Crippen LogP contribution in [0.25, 0.3) is 0 Å². The summed E-state index contributed by atoms with van der Waals surface area (Å²) in [5.41, 5.74) is 0. The maximum Gasteiger partial charge on any atom is 0.259 e. The van der Waals surface area contributed by atoms with Gasteiger partial charge in [-0.15, -0.1) is 0 Å². The van der Waals surface area contributed by atoms with Crippen molar-refractivity contribution in [3.8, 4) is 0 Å². The highest BCUT2D eigenvalue weighted by atomic mass is 32.2. The smallest absolute Gasteiger partial charge is 0.259 e. The lowest BCUT2D eigenvalue weighted by atomic mass is 10.3. The van der Waals surface area contributed by atoms with Crippen LogP contribution in [-0.4, -0.2) is 58.9 Å². The number of piperazine rings is 1. The number of nitrogens with one attached hydrogen (secondary N) is 1. The SMILES string of the molecule is CCOC(CN1CCNCC1)O[SH](=O)=O. The molecule has 1 saturated heterocycles. The first-order chi connectivity index (χ1) is 7.22. The summed E-state index contributed by atoms with van der Waals surface area (Å²) in [5, 5.41) is 3.22. The molecule has 0 amide bonds. The van der Waals surface area contributed by atoms with Crippen LogP contribution in [0.15, 0.2) is 0 Å². The number of rotatable bonds is 6. The summed E-state index contributed by atoms with van der Waals surface area (Å²) in [7, 11) is -2.85. The fraction of sp³-hybridized carbons (Fsp3) is 1.00. The van der Waals surface area contributed by atoms with Crippen molar-refractivity contribution < 1.29 is 17.3 Å². The van der Waals surface area contributed by atoms with E-state index < -0.39 is 17.3 Å². The molecule has 1 heterocycles. The Labute approximate surface area is 91.7 Å². The lowest BCUT2D eigenvalue weighted by Crippen LogP contribution is -2.47. The lowest BCUT2D eigenvalue weighted by molar-refractivity contribution is -0.0863. The van der Waals surface area contributed by atoms with Gasteiger partial charge >= 0.3 is 0 Å². The fourth-order valence-corrected chi connectivity index (χ4v) is 1.82. The maximum absolute atomic E-state index is 10.4. The van der Waals surface area contributed by atoms with Crippen LogP contribution in [0.2, 0.25) is 0 Å². The molecule has 0 bridgehead atoms. The van der Waals surface area contributed by atoms with Crippen LogP contribution in [-0.2, 0) is 19.9 Å². The van der Waals surface area contributed by atoms with Gasteiger partial charge in [0.25, 0.3) is 11.0 Å². The van der Waals surface area contributed by atoms with Gasteiger partial charge in [-0.1, -0.05) is 0 Å². The predicted molar refractivity (Wildman–Crippen MR) is 56.1 cm³/mol. The predicted octanol–water partition coefficient (Wildman–Crippen LogP) is -1.20. The van der Waals surface area contributed by atoms with Gasteiger partial charge < -0.3 is 10.1 Å². The van der Waals surface area contributed by atoms with Gasteiger partial charge in [-0.05, 0) is 6.92 Å². The van der Waals surface area contributed by atoms with Gasteiger partial charge in [0.2, 0.25) is 0 Å². The van der Waals surface area contributed by atoms with Crippen molar-refractivity contribution in [3.63, 3.8) is 0 Å². The third kappa shape index (κ3) is 5.43. The van der Waals surface area contributed by atoms with Crippen LogP contribution in [0.5, 0.6) is 0 Å². The molecule has 1 fully saturated rings. The van der Waals surface area contributed by atoms with E-state index in [0.29, 0.717) is 13.2 Å². The number of hydrogen-bond donors (Lipinski definition) is 2. The lowest BCUT2D eigenvalue weighted by Gasteiger charge is -2.29. The van der Waals surface area contributed by atoms with Crippen molar-refractivity contribution in [2.24, 2.45) is 0 Å². The molecule has 6 nitrogen and oxygen atoms in total. The Morgan fingerprint density at radius 2 is 2.07 bits per heavy atom. The molecule has 1 unspecified atom stereocenters. The van der Waals surface area contributed by atoms with Gasteiger partial charge in [0.05, 0.1) is 6.54 Å². The van der Waals surface area contributed by atoms with Gasteiger partial charge in [0, 0.05) is 32.8 Å². The van der Waals surface area contributed by atoms with E-state index in [0.717, 1.165) is 26.2 Å². The van der Waals surface area contributed by atoms with Crippen molar-refractivity contribution in [2.45, 2.75) is 13.2 Å². The van der Waals surface area contributed by atoms with E-state index in [9.17, 15) is 8.42 Å². The first kappa shape index (κ1) is 12.9. The number of ether oxygens (including phenoxy) is 1. The summed E-state index contributed by atoms with van der Waals surface area (Å²) in [6.45, 7) is 6.38. The van der Waals surface area contributed by atoms with Crippen LogP contribution in [0, 0.1) is 0 Å². The summed E-state index contributed by atoms with van der Waals surface area (Å²) in [4.78, 5) is 2.12. The minimum absolute atomic E-state index is 0.444. The van der Waals surface area contributed by atoms with E-state index in [1.165, 1.54) is 0 Å². The molecular formula is C8H18N2O4S. The number of nitrogens with zero attached hydrogens (tertiary/aromatic N) is 1. The molecule has 0 aliphatic carbocycles. The third-order valence-electron chi connectivity index (χ3n) is 2.17. The highest BCUT2D eigenvalue weighted by Crippen LogP contribution is 2.01. The maximum atomic E-state index is 10.4. The molecule has 15 heavy (non-hydrogen) atoms. The third-order valence-corrected chi connectivity index (χ3v) is 2.58. The minimum Gasteiger partial charge on any atom is -0.350 e. The summed E-state index contributed by atoms with van der Waals surface area (Å²) < 4.78 is 30.7. The van der Waals surface area contributed by atoms with Crippen LogP contribution in [0.3, 0.4) is 0 Å². The summed E-state index contributed by atoms with van der Waals surface area (Å²) in [6.07, 6.45) is -0.672. The summed E-state index contributed by atoms with van der Waals surface area (Å²) >= 11 is 0. The summed E-state index contributed by atoms with van der Waals surface area (Å²) in [5.74, 6) is 0. The Morgan fingerprint density at radius 1 is 1.40 bits per heavy atom. The molecule has 1 rings (SSSR count). The molecular weight excluding hydrogens is 220 g/mol. The van der Waals surface area contributed by atoms with Crippen LogP contribution >= 0.6 is 0 Å². The minimum atomic E-state index is -2.85. The molecule has 0 saturated carbocycles. The highest BCUT2D eigenvalue weighted by molar-refractivity contribution is 7.67. The first-order valence-corrected chi connectivity index (χ1v) is 6.17. The summed E-state index contributed by atoms with van der Waals surface area (Å²) in [6, 6.07) is 0. The van der Waals surface area contributed by atoms with Crippen LogP contribution in [0.1, 0.15) is 6.92 Å². The molecule has 1 N–H and O–H groups in total. The van der Waals surface area contributed by atoms with Crippen LogP contribution < -0.4 is 5.32 Å². The average Bonchev–Trinajstić information content (AvgIpc) is 2.18. The van der Waals surface area contributed by atoms with E-state index in [1.54, 1.807) is 0 Å². The van der Waals surface area contributed by atoms with Crippen molar-refractivity contribution in [2.75, 3.05) is 39.3 Å². The monoisotopic (exact) mass is 238 g/mol. The Hall–Kier alpha value is -0.210. The number of hydrogen-bond acceptors (Lipinski definition) is 6. The highest BCUT2D eigenvalue weighted by Gasteiger charge is 2.17. The molecule has 0 aromatic carbocycles. The zero-order chi connectivity index (χ0) is 11.1. The van der Waals surface area contributed by atoms with Crippen molar-refractivity contribution in [1.82, 2.24) is 10.2 Å². The van der Waals surface area contributed by atoms with Gasteiger partial charge in [0.15, 0.2) is 6.29 Å². The Morgan fingerprint density at radius 3 is 2.60 bits per heavy atom. The number of thiol groups is 1. The second-order valence-corrected chi connectivity index (χ2v) is 3.92. The second kappa shape index (κ2) is 7.13. The largest absolute Gasteiger partial charge is 0.350 e. The quantitative estimate of drug-likeness (QED) is 0.447. The fourth-order valence-electron chi connectivity index (χ4n) is 1.50. The van der Waals surface area contributed by atoms with E-state index in [1.807, 2.05) is 6.92 Å². The van der Waals surface area contributed by atoms with Crippen molar-refractivity contribution in [1.29, 1.82) is 0 Å². The van der Waals surface area contributed by atoms with Crippen LogP contribution in [0.4, 0.5) is 0 Å². The Bertz CT molecular complexity index is 233. The molecule has 90 valence electrons. The van der Waals surface area contributed by atoms with E-state index >= 15 is 0 Å². The zero-order valence-corrected chi connectivity index (χ0v) is 9.74. The Kier molecular flexibility index (Phi) is 6.11. The van der Waals surface area contributed by atoms with Gasteiger partial charge in [-0.25, -0.2) is 12.6 Å². The van der Waals surface area contributed by atoms with Gasteiger partial charge in [-0.3, -0.25) is 4.90 Å². The molecule has 0 aromatic rings. The standard InChI is InChI=1S/C8H18N2O4S/c1-2-13-8(14-15(11)12)7-10-5-3-9-4-6-10/h8-9,15H,2-7H2,1H3. The van der Waals surface area contributed by atoms with Crippen molar-refractivity contribution in [3.05, 3.63) is 0 Å². The normalized spacial score (nSPS) is 20.7. The molecule has 0 spiro atoms. The van der Waals surface area contributed by atoms with Gasteiger partial charge in [-0.2, -0.15) is 0 Å². The van der Waals surface area contributed by atoms with Crippen molar-refractivity contribution >= 4 is 11.0 Å². The van der Waals surface area contributed by atoms with E-state index in [-0.39, 0.29) is 0 Å². The zero-order valence-electron chi connectivity index (χ0n) is 8.85. The van der Waals surface area contributed by atoms with Gasteiger partial charge in [0.1, 0.15) is 0 Å². The second-order valence-electron chi connectivity index (χ2n) is 3.26. The topological polar surface area (TPSA) is 67.9 Å².